The molecule has 0 atom stereocenters. The molecule has 1 aromatic carbocycles. The minimum Gasteiger partial charge on any atom is -0.371 e. The quantitative estimate of drug-likeness (QED) is 0.851. The van der Waals surface area contributed by atoms with Crippen LogP contribution in [0.4, 0.5) is 0 Å². The highest BCUT2D eigenvalue weighted by Crippen LogP contribution is 2.14. The summed E-state index contributed by atoms with van der Waals surface area (Å²) in [4.78, 5) is 1.27. The Morgan fingerprint density at radius 3 is 2.53 bits per heavy atom. The Labute approximate surface area is 106 Å². The van der Waals surface area contributed by atoms with Crippen LogP contribution in [0.5, 0.6) is 0 Å². The van der Waals surface area contributed by atoms with Crippen molar-refractivity contribution in [2.45, 2.75) is 19.6 Å². The fourth-order valence-corrected chi connectivity index (χ4v) is 2.39. The molecule has 2 N–H and O–H groups in total. The molecule has 1 aromatic heterocycles. The van der Waals surface area contributed by atoms with Crippen LogP contribution in [0.15, 0.2) is 41.8 Å². The van der Waals surface area contributed by atoms with E-state index in [0.717, 1.165) is 6.42 Å². The van der Waals surface area contributed by atoms with Gasteiger partial charge in [-0.3, -0.25) is 0 Å². The van der Waals surface area contributed by atoms with Crippen molar-refractivity contribution in [3.05, 3.63) is 57.8 Å². The van der Waals surface area contributed by atoms with Crippen molar-refractivity contribution >= 4 is 11.3 Å². The molecule has 0 saturated heterocycles. The van der Waals surface area contributed by atoms with E-state index in [4.69, 9.17) is 10.5 Å². The van der Waals surface area contributed by atoms with Crippen molar-refractivity contribution in [3.63, 3.8) is 0 Å². The predicted molar refractivity (Wildman–Crippen MR) is 72.0 cm³/mol. The summed E-state index contributed by atoms with van der Waals surface area (Å²) in [5, 5.41) is 2.07. The van der Waals surface area contributed by atoms with Crippen LogP contribution in [-0.4, -0.2) is 6.54 Å². The average molecular weight is 247 g/mol. The van der Waals surface area contributed by atoms with Crippen LogP contribution in [0.2, 0.25) is 0 Å². The Kier molecular flexibility index (Phi) is 4.74. The summed E-state index contributed by atoms with van der Waals surface area (Å²) in [6.07, 6.45) is 0.915. The first kappa shape index (κ1) is 12.3. The molecule has 0 unspecified atom stereocenters. The summed E-state index contributed by atoms with van der Waals surface area (Å²) in [7, 11) is 0. The van der Waals surface area contributed by atoms with E-state index in [1.54, 1.807) is 11.3 Å². The van der Waals surface area contributed by atoms with Crippen LogP contribution >= 0.6 is 11.3 Å². The third kappa shape index (κ3) is 3.66. The molecule has 2 nitrogen and oxygen atoms in total. The van der Waals surface area contributed by atoms with Gasteiger partial charge in [-0.15, -0.1) is 11.3 Å². The van der Waals surface area contributed by atoms with E-state index in [0.29, 0.717) is 19.8 Å². The third-order valence-corrected chi connectivity index (χ3v) is 3.46. The maximum absolute atomic E-state index is 5.72. The molecule has 1 heterocycles. The van der Waals surface area contributed by atoms with Gasteiger partial charge in [-0.1, -0.05) is 30.3 Å². The Hall–Kier alpha value is -1.16. The molecule has 0 fully saturated rings. The first-order valence-electron chi connectivity index (χ1n) is 5.77. The topological polar surface area (TPSA) is 35.2 Å². The minimum absolute atomic E-state index is 0.661. The Balaban J connectivity index is 1.89. The van der Waals surface area contributed by atoms with E-state index in [1.165, 1.54) is 16.0 Å². The zero-order valence-electron chi connectivity index (χ0n) is 9.76. The van der Waals surface area contributed by atoms with Gasteiger partial charge in [0.05, 0.1) is 13.2 Å². The van der Waals surface area contributed by atoms with Crippen LogP contribution in [0.1, 0.15) is 16.0 Å². The van der Waals surface area contributed by atoms with Gasteiger partial charge in [0.2, 0.25) is 0 Å². The molecule has 0 radical (unpaired) electrons. The van der Waals surface area contributed by atoms with Crippen molar-refractivity contribution in [1.82, 2.24) is 0 Å². The highest BCUT2D eigenvalue weighted by molar-refractivity contribution is 7.09. The standard InChI is InChI=1S/C14H17NOS/c15-8-7-12-4-1-2-5-13(12)10-16-11-14-6-3-9-17-14/h1-6,9H,7-8,10-11,15H2. The molecular weight excluding hydrogens is 230 g/mol. The third-order valence-electron chi connectivity index (χ3n) is 2.61. The lowest BCUT2D eigenvalue weighted by Crippen LogP contribution is -2.06. The number of thiophene rings is 1. The lowest BCUT2D eigenvalue weighted by atomic mass is 10.1. The van der Waals surface area contributed by atoms with Crippen LogP contribution < -0.4 is 5.73 Å². The molecule has 2 aromatic rings. The summed E-state index contributed by atoms with van der Waals surface area (Å²) < 4.78 is 5.72. The average Bonchev–Trinajstić information content (AvgIpc) is 2.85. The molecule has 17 heavy (non-hydrogen) atoms. The fraction of sp³-hybridized carbons (Fsp3) is 0.286. The lowest BCUT2D eigenvalue weighted by molar-refractivity contribution is 0.108. The SMILES string of the molecule is NCCc1ccccc1COCc1cccs1. The molecule has 0 aliphatic heterocycles. The first-order chi connectivity index (χ1) is 8.40. The predicted octanol–water partition coefficient (Wildman–Crippen LogP) is 2.97. The van der Waals surface area contributed by atoms with E-state index >= 15 is 0 Å². The van der Waals surface area contributed by atoms with Gasteiger partial charge in [-0.2, -0.15) is 0 Å². The second-order valence-corrected chi connectivity index (χ2v) is 4.91. The molecule has 0 amide bonds. The number of nitrogens with two attached hydrogens (primary N) is 1. The van der Waals surface area contributed by atoms with Crippen molar-refractivity contribution < 1.29 is 4.74 Å². The van der Waals surface area contributed by atoms with Crippen LogP contribution in [-0.2, 0) is 24.4 Å². The van der Waals surface area contributed by atoms with E-state index < -0.39 is 0 Å². The Morgan fingerprint density at radius 1 is 1.00 bits per heavy atom. The van der Waals surface area contributed by atoms with Gasteiger partial charge in [0, 0.05) is 4.88 Å². The largest absolute Gasteiger partial charge is 0.371 e. The van der Waals surface area contributed by atoms with Crippen molar-refractivity contribution in [2.24, 2.45) is 5.73 Å². The second kappa shape index (κ2) is 6.55. The molecule has 0 bridgehead atoms. The number of hydrogen-bond acceptors (Lipinski definition) is 3. The van der Waals surface area contributed by atoms with E-state index in [2.05, 4.69) is 23.6 Å². The maximum atomic E-state index is 5.72. The van der Waals surface area contributed by atoms with Gasteiger partial charge in [0.25, 0.3) is 0 Å². The van der Waals surface area contributed by atoms with Crippen LogP contribution in [0, 0.1) is 0 Å². The molecule has 2 rings (SSSR count). The number of ether oxygens (including phenoxy) is 1. The van der Waals surface area contributed by atoms with Gasteiger partial charge < -0.3 is 10.5 Å². The van der Waals surface area contributed by atoms with Crippen LogP contribution in [0.3, 0.4) is 0 Å². The summed E-state index contributed by atoms with van der Waals surface area (Å²) in [6, 6.07) is 12.5. The summed E-state index contributed by atoms with van der Waals surface area (Å²) in [5.41, 5.74) is 8.13. The van der Waals surface area contributed by atoms with E-state index in [-0.39, 0.29) is 0 Å². The minimum atomic E-state index is 0.661. The molecule has 0 aliphatic carbocycles. The second-order valence-electron chi connectivity index (χ2n) is 3.88. The van der Waals surface area contributed by atoms with Crippen molar-refractivity contribution in [1.29, 1.82) is 0 Å². The Morgan fingerprint density at radius 2 is 1.82 bits per heavy atom. The molecule has 0 spiro atoms. The van der Waals surface area contributed by atoms with Gasteiger partial charge in [-0.25, -0.2) is 0 Å². The van der Waals surface area contributed by atoms with E-state index in [1.807, 2.05) is 18.2 Å². The zero-order valence-corrected chi connectivity index (χ0v) is 10.6. The van der Waals surface area contributed by atoms with Crippen molar-refractivity contribution in [3.8, 4) is 0 Å². The lowest BCUT2D eigenvalue weighted by Gasteiger charge is -2.08. The molecular formula is C14H17NOS. The number of benzene rings is 1. The number of hydrogen-bond donors (Lipinski definition) is 1. The molecule has 3 heteroatoms. The monoisotopic (exact) mass is 247 g/mol. The highest BCUT2D eigenvalue weighted by Gasteiger charge is 2.01. The molecule has 0 aliphatic rings. The first-order valence-corrected chi connectivity index (χ1v) is 6.65. The van der Waals surface area contributed by atoms with Gasteiger partial charge in [0.15, 0.2) is 0 Å². The van der Waals surface area contributed by atoms with Gasteiger partial charge in [-0.05, 0) is 35.5 Å². The zero-order chi connectivity index (χ0) is 11.9. The highest BCUT2D eigenvalue weighted by atomic mass is 32.1. The molecule has 0 saturated carbocycles. The van der Waals surface area contributed by atoms with Crippen molar-refractivity contribution in [2.75, 3.05) is 6.54 Å². The summed E-state index contributed by atoms with van der Waals surface area (Å²) in [5.74, 6) is 0. The summed E-state index contributed by atoms with van der Waals surface area (Å²) >= 11 is 1.73. The Bertz CT molecular complexity index is 439. The number of rotatable bonds is 6. The fourth-order valence-electron chi connectivity index (χ4n) is 1.75. The summed E-state index contributed by atoms with van der Waals surface area (Å²) in [6.45, 7) is 2.03. The smallest absolute Gasteiger partial charge is 0.0813 e. The maximum Gasteiger partial charge on any atom is 0.0813 e. The molecule has 90 valence electrons. The van der Waals surface area contributed by atoms with Crippen LogP contribution in [0.25, 0.3) is 0 Å². The normalized spacial score (nSPS) is 10.6. The van der Waals surface area contributed by atoms with Gasteiger partial charge >= 0.3 is 0 Å². The van der Waals surface area contributed by atoms with E-state index in [9.17, 15) is 0 Å². The van der Waals surface area contributed by atoms with Gasteiger partial charge in [0.1, 0.15) is 0 Å².